The lowest BCUT2D eigenvalue weighted by Gasteiger charge is -2.09. The van der Waals surface area contributed by atoms with Crippen molar-refractivity contribution in [2.75, 3.05) is 0 Å². The summed E-state index contributed by atoms with van der Waals surface area (Å²) >= 11 is 0. The van der Waals surface area contributed by atoms with Gasteiger partial charge in [-0.2, -0.15) is 5.10 Å². The van der Waals surface area contributed by atoms with Gasteiger partial charge in [0, 0.05) is 5.56 Å². The van der Waals surface area contributed by atoms with Crippen molar-refractivity contribution in [2.24, 2.45) is 5.10 Å². The molecule has 3 aromatic rings. The van der Waals surface area contributed by atoms with Crippen LogP contribution in [0, 0.1) is 5.82 Å². The Kier molecular flexibility index (Phi) is 6.30. The number of ether oxygens (including phenoxy) is 1. The van der Waals surface area contributed by atoms with Crippen molar-refractivity contribution in [3.05, 3.63) is 101 Å². The van der Waals surface area contributed by atoms with Crippen LogP contribution in [-0.2, 0) is 17.8 Å². The highest BCUT2D eigenvalue weighted by molar-refractivity contribution is 5.85. The number of rotatable bonds is 7. The molecule has 1 N–H and O–H groups in total. The predicted octanol–water partition coefficient (Wildman–Crippen LogP) is 4.10. The molecule has 136 valence electrons. The highest BCUT2D eigenvalue weighted by Crippen LogP contribution is 2.17. The summed E-state index contributed by atoms with van der Waals surface area (Å²) in [5, 5.41) is 3.99. The standard InChI is InChI=1S/C22H19FN2O2/c23-20-12-10-17(11-13-20)14-22(26)25-24-15-19-8-4-5-9-21(19)27-16-18-6-2-1-3-7-18/h1-13,15H,14,16H2,(H,25,26)/b24-15+. The first-order valence-electron chi connectivity index (χ1n) is 8.53. The molecule has 0 radical (unpaired) electrons. The Bertz CT molecular complexity index is 909. The summed E-state index contributed by atoms with van der Waals surface area (Å²) in [6.45, 7) is 0.447. The van der Waals surface area contributed by atoms with Gasteiger partial charge in [0.1, 0.15) is 18.2 Å². The van der Waals surface area contributed by atoms with Crippen molar-refractivity contribution >= 4 is 12.1 Å². The second-order valence-corrected chi connectivity index (χ2v) is 5.91. The minimum absolute atomic E-state index is 0.129. The number of hydrogen-bond acceptors (Lipinski definition) is 3. The Morgan fingerprint density at radius 1 is 0.926 bits per heavy atom. The van der Waals surface area contributed by atoms with Gasteiger partial charge in [0.05, 0.1) is 12.6 Å². The lowest BCUT2D eigenvalue weighted by molar-refractivity contribution is -0.120. The summed E-state index contributed by atoms with van der Waals surface area (Å²) in [6, 6.07) is 23.1. The van der Waals surface area contributed by atoms with Gasteiger partial charge >= 0.3 is 0 Å². The van der Waals surface area contributed by atoms with Crippen molar-refractivity contribution in [1.82, 2.24) is 5.43 Å². The first kappa shape index (κ1) is 18.3. The summed E-state index contributed by atoms with van der Waals surface area (Å²) in [5.74, 6) is 0.0720. The smallest absolute Gasteiger partial charge is 0.244 e. The summed E-state index contributed by atoms with van der Waals surface area (Å²) in [6.07, 6.45) is 1.67. The van der Waals surface area contributed by atoms with Gasteiger partial charge in [-0.1, -0.05) is 54.6 Å². The fourth-order valence-corrected chi connectivity index (χ4v) is 2.45. The molecule has 0 aliphatic heterocycles. The number of carbonyl (C=O) groups excluding carboxylic acids is 1. The second kappa shape index (κ2) is 9.29. The molecule has 1 amide bonds. The first-order chi connectivity index (χ1) is 13.2. The maximum atomic E-state index is 12.9. The van der Waals surface area contributed by atoms with Crippen molar-refractivity contribution in [3.63, 3.8) is 0 Å². The van der Waals surface area contributed by atoms with Crippen molar-refractivity contribution in [2.45, 2.75) is 13.0 Å². The highest BCUT2D eigenvalue weighted by atomic mass is 19.1. The van der Waals surface area contributed by atoms with Gasteiger partial charge < -0.3 is 4.74 Å². The third-order valence-electron chi connectivity index (χ3n) is 3.83. The van der Waals surface area contributed by atoms with Crippen LogP contribution >= 0.6 is 0 Å². The fourth-order valence-electron chi connectivity index (χ4n) is 2.45. The van der Waals surface area contributed by atoms with E-state index in [0.717, 1.165) is 16.7 Å². The molecule has 0 spiro atoms. The number of para-hydroxylation sites is 1. The maximum absolute atomic E-state index is 12.9. The van der Waals surface area contributed by atoms with Crippen LogP contribution in [0.2, 0.25) is 0 Å². The molecular formula is C22H19FN2O2. The van der Waals surface area contributed by atoms with Crippen LogP contribution in [0.15, 0.2) is 84.0 Å². The van der Waals surface area contributed by atoms with E-state index in [2.05, 4.69) is 10.5 Å². The number of amides is 1. The zero-order valence-corrected chi connectivity index (χ0v) is 14.6. The van der Waals surface area contributed by atoms with E-state index in [1.165, 1.54) is 12.1 Å². The van der Waals surface area contributed by atoms with Crippen LogP contribution in [0.5, 0.6) is 5.75 Å². The average molecular weight is 362 g/mol. The Morgan fingerprint density at radius 3 is 2.41 bits per heavy atom. The van der Waals surface area contributed by atoms with Gasteiger partial charge in [-0.3, -0.25) is 4.79 Å². The molecule has 0 unspecified atom stereocenters. The molecule has 27 heavy (non-hydrogen) atoms. The third-order valence-corrected chi connectivity index (χ3v) is 3.83. The fraction of sp³-hybridized carbons (Fsp3) is 0.0909. The molecule has 0 saturated carbocycles. The number of benzene rings is 3. The number of carbonyl (C=O) groups is 1. The molecule has 0 aliphatic rings. The molecule has 0 aliphatic carbocycles. The van der Waals surface area contributed by atoms with Gasteiger partial charge in [0.15, 0.2) is 0 Å². The summed E-state index contributed by atoms with van der Waals surface area (Å²) < 4.78 is 18.7. The van der Waals surface area contributed by atoms with Gasteiger partial charge in [-0.25, -0.2) is 9.82 Å². The first-order valence-corrected chi connectivity index (χ1v) is 8.53. The molecule has 0 saturated heterocycles. The predicted molar refractivity (Wildman–Crippen MR) is 103 cm³/mol. The van der Waals surface area contributed by atoms with Crippen molar-refractivity contribution < 1.29 is 13.9 Å². The molecule has 0 bridgehead atoms. The van der Waals surface area contributed by atoms with E-state index in [0.29, 0.717) is 12.4 Å². The van der Waals surface area contributed by atoms with Crippen LogP contribution < -0.4 is 10.2 Å². The molecule has 0 heterocycles. The lowest BCUT2D eigenvalue weighted by Crippen LogP contribution is -2.19. The topological polar surface area (TPSA) is 50.7 Å². The van der Waals surface area contributed by atoms with E-state index in [-0.39, 0.29) is 18.1 Å². The molecular weight excluding hydrogens is 343 g/mol. The summed E-state index contributed by atoms with van der Waals surface area (Å²) in [4.78, 5) is 11.9. The van der Waals surface area contributed by atoms with Gasteiger partial charge in [0.25, 0.3) is 0 Å². The van der Waals surface area contributed by atoms with Crippen LogP contribution in [0.4, 0.5) is 4.39 Å². The Labute approximate surface area is 157 Å². The van der Waals surface area contributed by atoms with E-state index in [9.17, 15) is 9.18 Å². The van der Waals surface area contributed by atoms with Gasteiger partial charge in [-0.05, 0) is 35.4 Å². The number of nitrogens with one attached hydrogen (secondary N) is 1. The Hall–Kier alpha value is -3.47. The lowest BCUT2D eigenvalue weighted by atomic mass is 10.1. The van der Waals surface area contributed by atoms with Gasteiger partial charge in [-0.15, -0.1) is 0 Å². The highest BCUT2D eigenvalue weighted by Gasteiger charge is 2.04. The maximum Gasteiger partial charge on any atom is 0.244 e. The number of hydrazone groups is 1. The van der Waals surface area contributed by atoms with E-state index < -0.39 is 0 Å². The zero-order valence-electron chi connectivity index (χ0n) is 14.6. The molecule has 3 rings (SSSR count). The summed E-state index contributed by atoms with van der Waals surface area (Å²) in [5.41, 5.74) is 5.02. The molecule has 3 aromatic carbocycles. The monoisotopic (exact) mass is 362 g/mol. The third kappa shape index (κ3) is 5.78. The molecule has 4 nitrogen and oxygen atoms in total. The Balaban J connectivity index is 1.56. The average Bonchev–Trinajstić information content (AvgIpc) is 2.70. The number of halogens is 1. The zero-order chi connectivity index (χ0) is 18.9. The molecule has 5 heteroatoms. The van der Waals surface area contributed by atoms with E-state index in [4.69, 9.17) is 4.74 Å². The van der Waals surface area contributed by atoms with Crippen LogP contribution in [0.3, 0.4) is 0 Å². The number of nitrogens with zero attached hydrogens (tertiary/aromatic N) is 1. The van der Waals surface area contributed by atoms with E-state index in [1.54, 1.807) is 18.3 Å². The van der Waals surface area contributed by atoms with Crippen LogP contribution in [-0.4, -0.2) is 12.1 Å². The quantitative estimate of drug-likeness (QED) is 0.508. The van der Waals surface area contributed by atoms with E-state index >= 15 is 0 Å². The van der Waals surface area contributed by atoms with Crippen molar-refractivity contribution in [3.8, 4) is 5.75 Å². The van der Waals surface area contributed by atoms with Crippen LogP contribution in [0.1, 0.15) is 16.7 Å². The number of hydrogen-bond donors (Lipinski definition) is 1. The SMILES string of the molecule is O=C(Cc1ccc(F)cc1)N/N=C/c1ccccc1OCc1ccccc1. The van der Waals surface area contributed by atoms with Crippen molar-refractivity contribution in [1.29, 1.82) is 0 Å². The molecule has 0 atom stereocenters. The summed E-state index contributed by atoms with van der Waals surface area (Å²) in [7, 11) is 0. The minimum atomic E-state index is -0.329. The Morgan fingerprint density at radius 2 is 1.63 bits per heavy atom. The largest absolute Gasteiger partial charge is 0.488 e. The van der Waals surface area contributed by atoms with Crippen LogP contribution in [0.25, 0.3) is 0 Å². The molecule has 0 fully saturated rings. The second-order valence-electron chi connectivity index (χ2n) is 5.91. The van der Waals surface area contributed by atoms with E-state index in [1.807, 2.05) is 54.6 Å². The van der Waals surface area contributed by atoms with Gasteiger partial charge in [0.2, 0.25) is 5.91 Å². The normalized spacial score (nSPS) is 10.7. The minimum Gasteiger partial charge on any atom is -0.488 e. The molecule has 0 aromatic heterocycles.